The van der Waals surface area contributed by atoms with E-state index in [-0.39, 0.29) is 0 Å². The maximum atomic E-state index is 5.72. The molecule has 0 saturated heterocycles. The summed E-state index contributed by atoms with van der Waals surface area (Å²) in [7, 11) is 0. The lowest BCUT2D eigenvalue weighted by molar-refractivity contribution is 0.305. The predicted molar refractivity (Wildman–Crippen MR) is 88.3 cm³/mol. The van der Waals surface area contributed by atoms with Crippen molar-refractivity contribution >= 4 is 12.2 Å². The highest BCUT2D eigenvalue weighted by Gasteiger charge is 2.01. The summed E-state index contributed by atoms with van der Waals surface area (Å²) in [6.45, 7) is 2.98. The fraction of sp³-hybridized carbons (Fsp3) is 0.375. The van der Waals surface area contributed by atoms with E-state index in [2.05, 4.69) is 11.9 Å². The Balaban J connectivity index is 1.95. The van der Waals surface area contributed by atoms with Crippen LogP contribution < -0.4 is 10.6 Å². The van der Waals surface area contributed by atoms with Crippen molar-refractivity contribution in [3.8, 4) is 17.0 Å². The lowest BCUT2D eigenvalue weighted by Gasteiger charge is -2.07. The second-order valence-corrected chi connectivity index (χ2v) is 5.30. The van der Waals surface area contributed by atoms with E-state index in [1.807, 2.05) is 30.3 Å². The quantitative estimate of drug-likeness (QED) is 0.478. The zero-order valence-electron chi connectivity index (χ0n) is 12.3. The van der Waals surface area contributed by atoms with Gasteiger partial charge in [0.15, 0.2) is 0 Å². The molecule has 1 aromatic heterocycles. The zero-order chi connectivity index (χ0) is 15.1. The summed E-state index contributed by atoms with van der Waals surface area (Å²) in [5.74, 6) is 6.50. The van der Waals surface area contributed by atoms with Crippen LogP contribution in [0.4, 0.5) is 0 Å². The Morgan fingerprint density at radius 1 is 1.14 bits per heavy atom. The first-order valence-corrected chi connectivity index (χ1v) is 7.69. The summed E-state index contributed by atoms with van der Waals surface area (Å²) in [4.78, 5) is 4.28. The summed E-state index contributed by atoms with van der Waals surface area (Å²) < 4.78 is 7.41. The fourth-order valence-corrected chi connectivity index (χ4v) is 2.17. The molecular formula is C16H21N3OS. The van der Waals surface area contributed by atoms with Gasteiger partial charge in [0.1, 0.15) is 5.75 Å². The molecule has 1 heterocycles. The minimum atomic E-state index is 0.365. The van der Waals surface area contributed by atoms with Crippen molar-refractivity contribution in [2.75, 3.05) is 12.4 Å². The van der Waals surface area contributed by atoms with Crippen LogP contribution >= 0.6 is 12.2 Å². The Morgan fingerprint density at radius 2 is 1.90 bits per heavy atom. The van der Waals surface area contributed by atoms with Gasteiger partial charge in [0.2, 0.25) is 4.77 Å². The van der Waals surface area contributed by atoms with Crippen molar-refractivity contribution in [1.29, 1.82) is 0 Å². The highest BCUT2D eigenvalue weighted by molar-refractivity contribution is 7.71. The summed E-state index contributed by atoms with van der Waals surface area (Å²) in [5, 5.41) is 0. The van der Waals surface area contributed by atoms with Crippen LogP contribution in [0, 0.1) is 4.77 Å². The van der Waals surface area contributed by atoms with Gasteiger partial charge in [0, 0.05) is 11.8 Å². The van der Waals surface area contributed by atoms with Crippen LogP contribution in [0.25, 0.3) is 11.3 Å². The molecule has 0 atom stereocenters. The lowest BCUT2D eigenvalue weighted by Crippen LogP contribution is -2.10. The fourth-order valence-electron chi connectivity index (χ4n) is 2.01. The van der Waals surface area contributed by atoms with Crippen molar-refractivity contribution in [3.63, 3.8) is 0 Å². The van der Waals surface area contributed by atoms with Gasteiger partial charge in [-0.2, -0.15) is 0 Å². The Labute approximate surface area is 130 Å². The third-order valence-electron chi connectivity index (χ3n) is 3.25. The molecule has 0 unspecified atom stereocenters. The molecule has 5 heteroatoms. The van der Waals surface area contributed by atoms with Crippen molar-refractivity contribution in [1.82, 2.24) is 9.66 Å². The maximum Gasteiger partial charge on any atom is 0.218 e. The van der Waals surface area contributed by atoms with Crippen molar-refractivity contribution in [2.24, 2.45) is 0 Å². The van der Waals surface area contributed by atoms with Gasteiger partial charge in [-0.25, -0.2) is 9.66 Å². The summed E-state index contributed by atoms with van der Waals surface area (Å²) >= 11 is 5.06. The van der Waals surface area contributed by atoms with Crippen LogP contribution in [0.2, 0.25) is 0 Å². The Bertz CT molecular complexity index is 622. The Morgan fingerprint density at radius 3 is 2.57 bits per heavy atom. The van der Waals surface area contributed by atoms with Crippen LogP contribution in [0.5, 0.6) is 5.75 Å². The third kappa shape index (κ3) is 4.56. The van der Waals surface area contributed by atoms with E-state index in [1.165, 1.54) is 23.9 Å². The number of hydrogen-bond donors (Lipinski definition) is 1. The van der Waals surface area contributed by atoms with Crippen LogP contribution in [-0.4, -0.2) is 16.3 Å². The minimum absolute atomic E-state index is 0.365. The smallest absolute Gasteiger partial charge is 0.218 e. The molecule has 21 heavy (non-hydrogen) atoms. The molecule has 0 aliphatic rings. The van der Waals surface area contributed by atoms with Crippen LogP contribution in [0.15, 0.2) is 36.5 Å². The average Bonchev–Trinajstić information content (AvgIpc) is 2.50. The monoisotopic (exact) mass is 303 g/mol. The molecular weight excluding hydrogens is 282 g/mol. The summed E-state index contributed by atoms with van der Waals surface area (Å²) in [6.07, 6.45) is 6.55. The molecule has 0 amide bonds. The van der Waals surface area contributed by atoms with Gasteiger partial charge in [-0.3, -0.25) is 0 Å². The van der Waals surface area contributed by atoms with E-state index < -0.39 is 0 Å². The van der Waals surface area contributed by atoms with E-state index in [4.69, 9.17) is 22.8 Å². The van der Waals surface area contributed by atoms with E-state index >= 15 is 0 Å². The molecule has 0 saturated carbocycles. The van der Waals surface area contributed by atoms with E-state index in [0.717, 1.165) is 30.0 Å². The molecule has 4 nitrogen and oxygen atoms in total. The molecule has 1 aromatic carbocycles. The molecule has 0 radical (unpaired) electrons. The topological polar surface area (TPSA) is 53.1 Å². The van der Waals surface area contributed by atoms with E-state index in [9.17, 15) is 0 Å². The van der Waals surface area contributed by atoms with Gasteiger partial charge in [-0.1, -0.05) is 26.2 Å². The Hall–Kier alpha value is -1.88. The van der Waals surface area contributed by atoms with Gasteiger partial charge in [0.25, 0.3) is 0 Å². The number of unbranched alkanes of at least 4 members (excludes halogenated alkanes) is 3. The number of hydrogen-bond acceptors (Lipinski definition) is 4. The Kier molecular flexibility index (Phi) is 5.75. The second-order valence-electron chi connectivity index (χ2n) is 4.94. The van der Waals surface area contributed by atoms with Gasteiger partial charge in [-0.15, -0.1) is 0 Å². The number of benzene rings is 1. The molecule has 0 spiro atoms. The molecule has 0 bridgehead atoms. The molecule has 2 aromatic rings. The lowest BCUT2D eigenvalue weighted by atomic mass is 10.1. The SMILES string of the molecule is CCCCCCOc1ccc(-c2ccn(N)c(=S)n2)cc1. The standard InChI is InChI=1S/C16H21N3OS/c1-2-3-4-5-12-20-14-8-6-13(7-9-14)15-10-11-19(17)16(21)18-15/h6-11H,2-5,12,17H2,1H3. The molecule has 0 aliphatic carbocycles. The average molecular weight is 303 g/mol. The molecule has 0 aliphatic heterocycles. The van der Waals surface area contributed by atoms with Gasteiger partial charge in [0.05, 0.1) is 12.3 Å². The number of ether oxygens (including phenoxy) is 1. The van der Waals surface area contributed by atoms with Crippen molar-refractivity contribution in [2.45, 2.75) is 32.6 Å². The van der Waals surface area contributed by atoms with Crippen molar-refractivity contribution in [3.05, 3.63) is 41.3 Å². The highest BCUT2D eigenvalue weighted by atomic mass is 32.1. The highest BCUT2D eigenvalue weighted by Crippen LogP contribution is 2.20. The van der Waals surface area contributed by atoms with Gasteiger partial charge >= 0.3 is 0 Å². The molecule has 112 valence electrons. The number of nitrogen functional groups attached to an aromatic ring is 1. The van der Waals surface area contributed by atoms with Gasteiger partial charge < -0.3 is 10.6 Å². The normalized spacial score (nSPS) is 10.5. The first kappa shape index (κ1) is 15.5. The minimum Gasteiger partial charge on any atom is -0.494 e. The third-order valence-corrected chi connectivity index (χ3v) is 3.55. The first-order chi connectivity index (χ1) is 10.2. The van der Waals surface area contributed by atoms with Crippen LogP contribution in [0.1, 0.15) is 32.6 Å². The maximum absolute atomic E-state index is 5.72. The van der Waals surface area contributed by atoms with E-state index in [1.54, 1.807) is 6.20 Å². The summed E-state index contributed by atoms with van der Waals surface area (Å²) in [5.41, 5.74) is 1.82. The first-order valence-electron chi connectivity index (χ1n) is 7.28. The predicted octanol–water partition coefficient (Wildman–Crippen LogP) is 3.95. The zero-order valence-corrected chi connectivity index (χ0v) is 13.1. The number of nitrogens with two attached hydrogens (primary N) is 1. The molecule has 2 rings (SSSR count). The van der Waals surface area contributed by atoms with Gasteiger partial charge in [-0.05, 0) is 49.0 Å². The van der Waals surface area contributed by atoms with Crippen LogP contribution in [-0.2, 0) is 0 Å². The molecule has 2 N–H and O–H groups in total. The summed E-state index contributed by atoms with van der Waals surface area (Å²) in [6, 6.07) is 9.74. The second kappa shape index (κ2) is 7.78. The van der Waals surface area contributed by atoms with E-state index in [0.29, 0.717) is 4.77 Å². The largest absolute Gasteiger partial charge is 0.494 e. The molecule has 0 fully saturated rings. The van der Waals surface area contributed by atoms with Crippen molar-refractivity contribution < 1.29 is 4.74 Å². The number of rotatable bonds is 7. The van der Waals surface area contributed by atoms with Crippen LogP contribution in [0.3, 0.4) is 0 Å². The number of nitrogens with zero attached hydrogens (tertiary/aromatic N) is 2. The number of aromatic nitrogens is 2.